The molecule has 1 N–H and O–H groups in total. The Labute approximate surface area is 136 Å². The van der Waals surface area contributed by atoms with E-state index < -0.39 is 4.92 Å². The molecule has 6 nitrogen and oxygen atoms in total. The summed E-state index contributed by atoms with van der Waals surface area (Å²) in [5.41, 5.74) is 1.15. The first kappa shape index (κ1) is 15.9. The van der Waals surface area contributed by atoms with Gasteiger partial charge in [-0.05, 0) is 50.3 Å². The van der Waals surface area contributed by atoms with E-state index in [0.717, 1.165) is 39.0 Å². The predicted molar refractivity (Wildman–Crippen MR) is 87.5 cm³/mol. The number of amides is 1. The lowest BCUT2D eigenvalue weighted by molar-refractivity contribution is -0.385. The second kappa shape index (κ2) is 6.66. The van der Waals surface area contributed by atoms with Crippen LogP contribution in [0.4, 0.5) is 5.69 Å². The van der Waals surface area contributed by atoms with E-state index in [0.29, 0.717) is 29.4 Å². The maximum Gasteiger partial charge on any atom is 0.273 e. The standard InChI is InChI=1S/C17H23N3O3/c1-2-12-3-4-13(9-16(12)20(22)23)17(21)19-7-5-14-10-18-11-15(14)6-8-19/h3-4,9,14-15,18H,2,5-8,10-11H2,1H3/t14-,15+. The Bertz CT molecular complexity index is 603. The molecule has 2 heterocycles. The number of aryl methyl sites for hydroxylation is 1. The summed E-state index contributed by atoms with van der Waals surface area (Å²) in [6.07, 6.45) is 2.61. The zero-order valence-corrected chi connectivity index (χ0v) is 13.5. The monoisotopic (exact) mass is 317 g/mol. The highest BCUT2D eigenvalue weighted by atomic mass is 16.6. The molecule has 1 aromatic carbocycles. The number of likely N-dealkylation sites (tertiary alicyclic amines) is 1. The van der Waals surface area contributed by atoms with Gasteiger partial charge >= 0.3 is 0 Å². The van der Waals surface area contributed by atoms with Crippen LogP contribution in [0, 0.1) is 22.0 Å². The molecule has 2 atom stereocenters. The third kappa shape index (κ3) is 3.22. The molecule has 0 bridgehead atoms. The topological polar surface area (TPSA) is 75.5 Å². The van der Waals surface area contributed by atoms with E-state index >= 15 is 0 Å². The molecule has 0 saturated carbocycles. The van der Waals surface area contributed by atoms with Crippen molar-refractivity contribution in [3.8, 4) is 0 Å². The molecule has 2 saturated heterocycles. The number of hydrogen-bond donors (Lipinski definition) is 1. The lowest BCUT2D eigenvalue weighted by atomic mass is 9.92. The van der Waals surface area contributed by atoms with Gasteiger partial charge in [-0.15, -0.1) is 0 Å². The smallest absolute Gasteiger partial charge is 0.273 e. The van der Waals surface area contributed by atoms with Gasteiger partial charge in [-0.1, -0.05) is 13.0 Å². The van der Waals surface area contributed by atoms with Crippen LogP contribution < -0.4 is 5.32 Å². The molecule has 1 aromatic rings. The number of benzene rings is 1. The van der Waals surface area contributed by atoms with Crippen molar-refractivity contribution in [2.45, 2.75) is 26.2 Å². The van der Waals surface area contributed by atoms with Gasteiger partial charge in [0.2, 0.25) is 0 Å². The molecule has 2 fully saturated rings. The molecule has 0 spiro atoms. The number of fused-ring (bicyclic) bond motifs is 1. The van der Waals surface area contributed by atoms with E-state index in [-0.39, 0.29) is 11.6 Å². The highest BCUT2D eigenvalue weighted by Crippen LogP contribution is 2.28. The van der Waals surface area contributed by atoms with Crippen LogP contribution in [0.25, 0.3) is 0 Å². The Kier molecular flexibility index (Phi) is 4.61. The number of nitrogens with zero attached hydrogens (tertiary/aromatic N) is 2. The van der Waals surface area contributed by atoms with Gasteiger partial charge in [0, 0.05) is 30.3 Å². The number of hydrogen-bond acceptors (Lipinski definition) is 4. The van der Waals surface area contributed by atoms with Gasteiger partial charge in [-0.3, -0.25) is 14.9 Å². The molecule has 0 radical (unpaired) electrons. The largest absolute Gasteiger partial charge is 0.339 e. The van der Waals surface area contributed by atoms with Crippen molar-refractivity contribution in [1.82, 2.24) is 10.2 Å². The maximum absolute atomic E-state index is 12.7. The molecule has 23 heavy (non-hydrogen) atoms. The number of nitro benzene ring substituents is 1. The van der Waals surface area contributed by atoms with E-state index in [9.17, 15) is 14.9 Å². The summed E-state index contributed by atoms with van der Waals surface area (Å²) < 4.78 is 0. The summed E-state index contributed by atoms with van der Waals surface area (Å²) in [7, 11) is 0. The highest BCUT2D eigenvalue weighted by Gasteiger charge is 2.32. The van der Waals surface area contributed by atoms with Crippen molar-refractivity contribution < 1.29 is 9.72 Å². The molecule has 1 amide bonds. The SMILES string of the molecule is CCc1ccc(C(=O)N2CC[C@@H]3CNC[C@@H]3CC2)cc1[N+](=O)[O-]. The van der Waals surface area contributed by atoms with Crippen molar-refractivity contribution in [2.24, 2.45) is 11.8 Å². The number of rotatable bonds is 3. The van der Waals surface area contributed by atoms with E-state index in [1.54, 1.807) is 12.1 Å². The zero-order valence-electron chi connectivity index (χ0n) is 13.5. The second-order valence-electron chi connectivity index (χ2n) is 6.50. The summed E-state index contributed by atoms with van der Waals surface area (Å²) in [5.74, 6) is 1.23. The first-order valence-corrected chi connectivity index (χ1v) is 8.37. The Morgan fingerprint density at radius 1 is 1.30 bits per heavy atom. The molecular weight excluding hydrogens is 294 g/mol. The van der Waals surface area contributed by atoms with Gasteiger partial charge in [0.25, 0.3) is 11.6 Å². The van der Waals surface area contributed by atoms with Crippen LogP contribution in [-0.2, 0) is 6.42 Å². The van der Waals surface area contributed by atoms with E-state index in [4.69, 9.17) is 0 Å². The molecule has 6 heteroatoms. The minimum absolute atomic E-state index is 0.0502. The first-order chi connectivity index (χ1) is 11.1. The van der Waals surface area contributed by atoms with E-state index in [1.165, 1.54) is 6.07 Å². The molecule has 3 rings (SSSR count). The average Bonchev–Trinajstić information content (AvgIpc) is 2.92. The lowest BCUT2D eigenvalue weighted by Gasteiger charge is -2.21. The van der Waals surface area contributed by atoms with E-state index in [2.05, 4.69) is 5.32 Å². The van der Waals surface area contributed by atoms with Gasteiger partial charge in [0.1, 0.15) is 0 Å². The lowest BCUT2D eigenvalue weighted by Crippen LogP contribution is -2.32. The first-order valence-electron chi connectivity index (χ1n) is 8.37. The van der Waals surface area contributed by atoms with Gasteiger partial charge in [0.15, 0.2) is 0 Å². The van der Waals surface area contributed by atoms with Crippen molar-refractivity contribution in [3.63, 3.8) is 0 Å². The molecule has 124 valence electrons. The molecule has 0 aromatic heterocycles. The Morgan fingerprint density at radius 3 is 2.52 bits per heavy atom. The summed E-state index contributed by atoms with van der Waals surface area (Å²) in [6.45, 7) is 5.45. The quantitative estimate of drug-likeness (QED) is 0.685. The second-order valence-corrected chi connectivity index (χ2v) is 6.50. The zero-order chi connectivity index (χ0) is 16.4. The van der Waals surface area contributed by atoms with Gasteiger partial charge in [0.05, 0.1) is 4.92 Å². The summed E-state index contributed by atoms with van der Waals surface area (Å²) >= 11 is 0. The molecule has 2 aliphatic heterocycles. The Balaban J connectivity index is 1.77. The summed E-state index contributed by atoms with van der Waals surface area (Å²) in [6, 6.07) is 4.87. The number of nitrogens with one attached hydrogen (secondary N) is 1. The van der Waals surface area contributed by atoms with Gasteiger partial charge in [-0.25, -0.2) is 0 Å². The fourth-order valence-electron chi connectivity index (χ4n) is 3.77. The molecule has 0 unspecified atom stereocenters. The van der Waals surface area contributed by atoms with Crippen molar-refractivity contribution in [3.05, 3.63) is 39.4 Å². The Morgan fingerprint density at radius 2 is 1.96 bits per heavy atom. The average molecular weight is 317 g/mol. The predicted octanol–water partition coefficient (Wildman–Crippen LogP) is 2.23. The third-order valence-corrected chi connectivity index (χ3v) is 5.22. The minimum Gasteiger partial charge on any atom is -0.339 e. The van der Waals surface area contributed by atoms with Crippen molar-refractivity contribution in [1.29, 1.82) is 0 Å². The number of carbonyl (C=O) groups is 1. The van der Waals surface area contributed by atoms with Crippen molar-refractivity contribution in [2.75, 3.05) is 26.2 Å². The normalized spacial score (nSPS) is 24.1. The van der Waals surface area contributed by atoms with Crippen LogP contribution in [0.1, 0.15) is 35.7 Å². The van der Waals surface area contributed by atoms with E-state index in [1.807, 2.05) is 11.8 Å². The third-order valence-electron chi connectivity index (χ3n) is 5.22. The van der Waals surface area contributed by atoms with Crippen LogP contribution in [-0.4, -0.2) is 41.9 Å². The van der Waals surface area contributed by atoms with Crippen LogP contribution in [0.3, 0.4) is 0 Å². The number of carbonyl (C=O) groups excluding carboxylic acids is 1. The van der Waals surface area contributed by atoms with Crippen LogP contribution in [0.2, 0.25) is 0 Å². The summed E-state index contributed by atoms with van der Waals surface area (Å²) in [5, 5.41) is 14.6. The fourth-order valence-corrected chi connectivity index (χ4v) is 3.77. The maximum atomic E-state index is 12.7. The summed E-state index contributed by atoms with van der Waals surface area (Å²) in [4.78, 5) is 25.4. The van der Waals surface area contributed by atoms with Gasteiger partial charge in [-0.2, -0.15) is 0 Å². The molecule has 2 aliphatic rings. The molecular formula is C17H23N3O3. The minimum atomic E-state index is -0.395. The Hall–Kier alpha value is -1.95. The molecule has 0 aliphatic carbocycles. The van der Waals surface area contributed by atoms with Crippen molar-refractivity contribution >= 4 is 11.6 Å². The van der Waals surface area contributed by atoms with Crippen LogP contribution >= 0.6 is 0 Å². The number of nitro groups is 1. The van der Waals surface area contributed by atoms with Crippen LogP contribution in [0.15, 0.2) is 18.2 Å². The fraction of sp³-hybridized carbons (Fsp3) is 0.588. The highest BCUT2D eigenvalue weighted by molar-refractivity contribution is 5.95. The van der Waals surface area contributed by atoms with Gasteiger partial charge < -0.3 is 10.2 Å². The van der Waals surface area contributed by atoms with Crippen LogP contribution in [0.5, 0.6) is 0 Å².